The fourth-order valence-corrected chi connectivity index (χ4v) is 18.9. The maximum absolute atomic E-state index is 14.4. The van der Waals surface area contributed by atoms with Gasteiger partial charge in [0.1, 0.15) is 36.6 Å². The Hall–Kier alpha value is -4.72. The zero-order valence-electron chi connectivity index (χ0n) is 80.0. The lowest BCUT2D eigenvalue weighted by Gasteiger charge is -2.42. The first-order valence-electron chi connectivity index (χ1n) is 46.9. The maximum atomic E-state index is 14.4. The molecule has 0 aromatic carbocycles. The first kappa shape index (κ1) is 112. The Balaban J connectivity index is 1.22. The van der Waals surface area contributed by atoms with E-state index in [1.54, 1.807) is 54.1 Å². The Labute approximate surface area is 769 Å². The van der Waals surface area contributed by atoms with Crippen molar-refractivity contribution in [1.29, 1.82) is 0 Å². The quantitative estimate of drug-likeness (QED) is 0.0197. The molecular weight excluding hydrogens is 1700 g/mol. The Morgan fingerprint density at radius 2 is 0.800 bits per heavy atom. The number of allylic oxidation sites excluding steroid dienone is 4. The number of aliphatic hydroxyl groups is 10. The van der Waals surface area contributed by atoms with E-state index in [1.165, 1.54) is 54.8 Å². The number of fused-ring (bicyclic) bond motifs is 4. The van der Waals surface area contributed by atoms with Gasteiger partial charge in [-0.15, -0.1) is 0 Å². The summed E-state index contributed by atoms with van der Waals surface area (Å²) < 4.78 is 123. The van der Waals surface area contributed by atoms with Crippen molar-refractivity contribution in [3.63, 3.8) is 0 Å². The number of carbonyl (C=O) groups is 4. The number of rotatable bonds is 30. The van der Waals surface area contributed by atoms with Gasteiger partial charge < -0.3 is 146 Å². The van der Waals surface area contributed by atoms with E-state index in [4.69, 9.17) is 94.7 Å². The molecule has 7 aliphatic heterocycles. The van der Waals surface area contributed by atoms with Gasteiger partial charge >= 0.3 is 23.9 Å². The SMILES string of the molecule is COC1CC(C)OC(CCC(C)C(O)C(C)C2CC(O)CC(O)C(C)C(OC)CC3CC=CC(CC(OC4OCC(OC(=O)C(O)CO)C(OC)C4OC)C/C=C(C)\C=C\C(=O)OC(C(C)C(O)C(C)CCC4CC(OC)CC(C)O4)CC(O)CC(O)C(C)C(OC)CC4CC=CC(CC(OC5OCC(OC(=O)C(O)CO)C(OC)C5OC)C/C=C(C)/C=C/C(=O)O2)O4)O3)C1. The molecule has 0 radical (unpaired) electrons. The van der Waals surface area contributed by atoms with Crippen LogP contribution in [0.4, 0.5) is 0 Å². The van der Waals surface area contributed by atoms with E-state index in [-0.39, 0.29) is 113 Å². The third-order valence-corrected chi connectivity index (χ3v) is 27.1. The Bertz CT molecular complexity index is 3230. The Morgan fingerprint density at radius 3 is 1.14 bits per heavy atom. The van der Waals surface area contributed by atoms with Crippen LogP contribution in [0, 0.1) is 35.5 Å². The number of methoxy groups -OCH3 is 8. The van der Waals surface area contributed by atoms with Crippen molar-refractivity contribution in [2.24, 2.45) is 35.5 Å². The minimum absolute atomic E-state index is 0.0107. The molecule has 0 aliphatic carbocycles. The van der Waals surface area contributed by atoms with Gasteiger partial charge in [-0.2, -0.15) is 0 Å². The van der Waals surface area contributed by atoms with Gasteiger partial charge in [0.25, 0.3) is 0 Å². The third-order valence-electron chi connectivity index (χ3n) is 27.1. The number of hydrogen-bond acceptors (Lipinski definition) is 34. The molecule has 130 heavy (non-hydrogen) atoms. The van der Waals surface area contributed by atoms with Gasteiger partial charge in [0.2, 0.25) is 0 Å². The second-order valence-electron chi connectivity index (χ2n) is 37.2. The van der Waals surface area contributed by atoms with E-state index in [1.807, 2.05) is 78.0 Å². The Morgan fingerprint density at radius 1 is 0.431 bits per heavy atom. The van der Waals surface area contributed by atoms with E-state index < -0.39 is 220 Å². The van der Waals surface area contributed by atoms with Crippen LogP contribution in [0.2, 0.25) is 0 Å². The summed E-state index contributed by atoms with van der Waals surface area (Å²) in [5.74, 6) is -7.01. The smallest absolute Gasteiger partial charge is 0.337 e. The average Bonchev–Trinajstić information content (AvgIpc) is 0.809. The second kappa shape index (κ2) is 57.5. The third kappa shape index (κ3) is 35.7. The molecule has 7 rings (SSSR count). The summed E-state index contributed by atoms with van der Waals surface area (Å²) in [6.45, 7) is 16.4. The molecule has 7 heterocycles. The van der Waals surface area contributed by atoms with Gasteiger partial charge in [0, 0.05) is 131 Å². The van der Waals surface area contributed by atoms with Crippen LogP contribution in [0.5, 0.6) is 0 Å². The van der Waals surface area contributed by atoms with Crippen LogP contribution in [0.15, 0.2) is 71.9 Å². The summed E-state index contributed by atoms with van der Waals surface area (Å²) in [7, 11) is 12.1. The van der Waals surface area contributed by atoms with Crippen molar-refractivity contribution in [3.05, 3.63) is 71.9 Å². The van der Waals surface area contributed by atoms with Crippen molar-refractivity contribution in [2.75, 3.05) is 83.3 Å². The highest BCUT2D eigenvalue weighted by molar-refractivity contribution is 5.83. The lowest BCUT2D eigenvalue weighted by Crippen LogP contribution is -2.58. The maximum Gasteiger partial charge on any atom is 0.337 e. The summed E-state index contributed by atoms with van der Waals surface area (Å²) in [4.78, 5) is 54.3. The first-order chi connectivity index (χ1) is 62.0. The van der Waals surface area contributed by atoms with Crippen molar-refractivity contribution in [3.8, 4) is 0 Å². The van der Waals surface area contributed by atoms with Crippen molar-refractivity contribution < 1.29 is 165 Å². The summed E-state index contributed by atoms with van der Waals surface area (Å²) in [6, 6.07) is 0. The van der Waals surface area contributed by atoms with Crippen LogP contribution in [-0.2, 0) is 114 Å². The highest BCUT2D eigenvalue weighted by atomic mass is 16.7. The van der Waals surface area contributed by atoms with Gasteiger partial charge in [0.15, 0.2) is 37.0 Å². The fourth-order valence-electron chi connectivity index (χ4n) is 18.9. The largest absolute Gasteiger partial charge is 0.459 e. The predicted octanol–water partition coefficient (Wildman–Crippen LogP) is 6.97. The highest BCUT2D eigenvalue weighted by Gasteiger charge is 2.49. The van der Waals surface area contributed by atoms with E-state index in [9.17, 15) is 70.2 Å². The van der Waals surface area contributed by atoms with Gasteiger partial charge in [0.05, 0.1) is 149 Å². The monoisotopic (exact) mass is 1860 g/mol. The average molecular weight is 1860 g/mol. The molecule has 34 heteroatoms. The molecule has 4 saturated heterocycles. The molecule has 0 amide bonds. The molecule has 4 fully saturated rings. The number of carbonyl (C=O) groups excluding carboxylic acids is 4. The fraction of sp³-hybridized carbons (Fsp3) is 0.833. The summed E-state index contributed by atoms with van der Waals surface area (Å²) >= 11 is 0. The predicted molar refractivity (Wildman–Crippen MR) is 475 cm³/mol. The normalized spacial score (nSPS) is 39.1. The summed E-state index contributed by atoms with van der Waals surface area (Å²) in [5, 5.41) is 112. The first-order valence-corrected chi connectivity index (χ1v) is 46.9. The molecule has 7 aliphatic rings. The Kier molecular flexibility index (Phi) is 49.6. The lowest BCUT2D eigenvalue weighted by atomic mass is 9.83. The molecule has 4 bridgehead atoms. The second-order valence-corrected chi connectivity index (χ2v) is 37.2. The number of hydrogen-bond donors (Lipinski definition) is 10. The van der Waals surface area contributed by atoms with Gasteiger partial charge in [-0.25, -0.2) is 19.2 Å². The van der Waals surface area contributed by atoms with E-state index in [0.29, 0.717) is 75.4 Å². The van der Waals surface area contributed by atoms with Crippen molar-refractivity contribution >= 4 is 23.9 Å². The van der Waals surface area contributed by atoms with Crippen molar-refractivity contribution in [1.82, 2.24) is 0 Å². The standard InChI is InChI=1S/C96H160O34/c1-53-25-31-71(125-95-91(117-17)89(115-15)83(51-119-95)129-93(109)77(103)49-97)43-65-21-19-23-67(123-65)47-79(113-13)60(8)76(102)40-64(100)42-82(62(10)88(108)56(4)30-34-70-46-74(112-12)38-58(6)122-70)128-86(106)36-28-54(2)26-32-72(126-96-92(118-18)90(116-16)84(52-120-96)130-94(110)78(104)50-98)44-66-22-20-24-68(124-66)48-80(114-14)59(7)75(101)39-63(99)41-81(127-85(105)35-27-53)61(9)87(107)55(3)29-33-69-45-73(111-11)37-57(5)121-69/h19-22,25-28,35-36,55-84,87-92,95-104,107-108H,23-24,29-34,37-52H2,1-18H3/b35-27+,36-28+,53-25-,54-26+. The lowest BCUT2D eigenvalue weighted by molar-refractivity contribution is -0.295. The molecule has 38 unspecified atom stereocenters. The van der Waals surface area contributed by atoms with Gasteiger partial charge in [-0.3, -0.25) is 0 Å². The number of esters is 4. The molecule has 0 spiro atoms. The van der Waals surface area contributed by atoms with Crippen LogP contribution >= 0.6 is 0 Å². The topological polar surface area (TPSA) is 455 Å². The number of aliphatic hydroxyl groups excluding tert-OH is 10. The molecule has 34 nitrogen and oxygen atoms in total. The molecule has 10 N–H and O–H groups in total. The molecule has 38 atom stereocenters. The van der Waals surface area contributed by atoms with E-state index in [2.05, 4.69) is 0 Å². The van der Waals surface area contributed by atoms with E-state index in [0.717, 1.165) is 12.8 Å². The van der Waals surface area contributed by atoms with Crippen LogP contribution in [0.25, 0.3) is 0 Å². The minimum Gasteiger partial charge on any atom is -0.459 e. The summed E-state index contributed by atoms with van der Waals surface area (Å²) in [6.07, 6.45) is -1.78. The molecular formula is C96H160O34. The number of ether oxygens (including phenoxy) is 20. The van der Waals surface area contributed by atoms with Crippen LogP contribution < -0.4 is 0 Å². The molecule has 748 valence electrons. The number of cyclic esters (lactones) is 2. The van der Waals surface area contributed by atoms with Crippen LogP contribution in [0.3, 0.4) is 0 Å². The van der Waals surface area contributed by atoms with Gasteiger partial charge in [-0.1, -0.05) is 101 Å². The van der Waals surface area contributed by atoms with Crippen LogP contribution in [0.1, 0.15) is 198 Å². The van der Waals surface area contributed by atoms with Gasteiger partial charge in [-0.05, 0) is 129 Å². The zero-order chi connectivity index (χ0) is 95.6. The van der Waals surface area contributed by atoms with Crippen molar-refractivity contribution in [2.45, 2.75) is 393 Å². The van der Waals surface area contributed by atoms with E-state index >= 15 is 0 Å². The zero-order valence-corrected chi connectivity index (χ0v) is 80.0. The minimum atomic E-state index is -1.82. The molecule has 0 saturated carbocycles. The highest BCUT2D eigenvalue weighted by Crippen LogP contribution is 2.38. The molecule has 0 aromatic rings. The van der Waals surface area contributed by atoms with Crippen LogP contribution in [-0.4, -0.2) is 354 Å². The molecule has 0 aromatic heterocycles. The summed E-state index contributed by atoms with van der Waals surface area (Å²) in [5.41, 5.74) is 1.21.